The molecule has 1 aliphatic rings. The van der Waals surface area contributed by atoms with E-state index in [-0.39, 0.29) is 11.9 Å². The molecule has 0 bridgehead atoms. The molecule has 0 radical (unpaired) electrons. The summed E-state index contributed by atoms with van der Waals surface area (Å²) in [6.07, 6.45) is 4.66. The van der Waals surface area contributed by atoms with E-state index in [2.05, 4.69) is 12.2 Å². The van der Waals surface area contributed by atoms with Crippen LogP contribution in [0.3, 0.4) is 0 Å². The highest BCUT2D eigenvalue weighted by Gasteiger charge is 2.29. The maximum atomic E-state index is 12.3. The van der Waals surface area contributed by atoms with Crippen LogP contribution in [0.4, 0.5) is 5.00 Å². The predicted molar refractivity (Wildman–Crippen MR) is 89.5 cm³/mol. The fourth-order valence-corrected chi connectivity index (χ4v) is 3.98. The Labute approximate surface area is 135 Å². The number of nitrogens with one attached hydrogen (secondary N) is 1. The number of anilines is 1. The van der Waals surface area contributed by atoms with Gasteiger partial charge in [0.2, 0.25) is 0 Å². The molecule has 2 rings (SSSR count). The first kappa shape index (κ1) is 16.7. The molecule has 1 amide bonds. The van der Waals surface area contributed by atoms with Crippen LogP contribution in [0.1, 0.15) is 54.9 Å². The van der Waals surface area contributed by atoms with E-state index in [4.69, 9.17) is 4.74 Å². The van der Waals surface area contributed by atoms with Crippen LogP contribution in [-0.4, -0.2) is 18.5 Å². The molecule has 0 aliphatic heterocycles. The summed E-state index contributed by atoms with van der Waals surface area (Å²) in [4.78, 5) is 25.7. The average molecular weight is 321 g/mol. The zero-order valence-electron chi connectivity index (χ0n) is 13.6. The number of carbonyl (C=O) groups excluding carboxylic acids is 2. The summed E-state index contributed by atoms with van der Waals surface area (Å²) in [6.45, 7) is 7.92. The predicted octanol–water partition coefficient (Wildman–Crippen LogP) is 3.95. The van der Waals surface area contributed by atoms with Crippen LogP contribution in [-0.2, 0) is 22.4 Å². The Morgan fingerprint density at radius 2 is 2.18 bits per heavy atom. The number of ether oxygens (including phenoxy) is 1. The molecule has 1 atom stereocenters. The van der Waals surface area contributed by atoms with Gasteiger partial charge < -0.3 is 10.1 Å². The number of carbonyl (C=O) groups is 2. The Bertz CT molecular complexity index is 616. The van der Waals surface area contributed by atoms with Crippen molar-refractivity contribution in [2.75, 3.05) is 11.9 Å². The Morgan fingerprint density at radius 1 is 1.45 bits per heavy atom. The van der Waals surface area contributed by atoms with E-state index in [1.807, 2.05) is 6.92 Å². The lowest BCUT2D eigenvalue weighted by Gasteiger charge is -2.18. The normalized spacial score (nSPS) is 17.8. The quantitative estimate of drug-likeness (QED) is 0.675. The number of amides is 1. The van der Waals surface area contributed by atoms with E-state index >= 15 is 0 Å². The van der Waals surface area contributed by atoms with Gasteiger partial charge in [-0.05, 0) is 51.5 Å². The number of rotatable bonds is 4. The molecule has 0 fully saturated rings. The molecule has 1 aromatic rings. The standard InChI is InChI=1S/C17H23NO3S/c1-5-11(4)15(19)18-16-14(17(20)21-6-2)12-8-7-10(3)9-13(12)22-16/h5,10H,6-9H2,1-4H3,(H,18,19)/b11-5+. The minimum absolute atomic E-state index is 0.167. The number of allylic oxidation sites excluding steroid dienone is 1. The van der Waals surface area contributed by atoms with E-state index in [1.54, 1.807) is 19.9 Å². The molecule has 0 saturated carbocycles. The third kappa shape index (κ3) is 3.40. The molecule has 1 aliphatic carbocycles. The Morgan fingerprint density at radius 3 is 2.82 bits per heavy atom. The van der Waals surface area contributed by atoms with Gasteiger partial charge in [-0.1, -0.05) is 13.0 Å². The highest BCUT2D eigenvalue weighted by atomic mass is 32.1. The number of thiophene rings is 1. The van der Waals surface area contributed by atoms with Crippen LogP contribution in [0.15, 0.2) is 11.6 Å². The maximum absolute atomic E-state index is 12.3. The van der Waals surface area contributed by atoms with E-state index in [1.165, 1.54) is 16.2 Å². The van der Waals surface area contributed by atoms with Crippen molar-refractivity contribution in [1.82, 2.24) is 0 Å². The third-order valence-electron chi connectivity index (χ3n) is 4.01. The van der Waals surface area contributed by atoms with Gasteiger partial charge >= 0.3 is 5.97 Å². The molecular weight excluding hydrogens is 298 g/mol. The lowest BCUT2D eigenvalue weighted by molar-refractivity contribution is -0.112. The summed E-state index contributed by atoms with van der Waals surface area (Å²) >= 11 is 1.52. The van der Waals surface area contributed by atoms with Crippen LogP contribution < -0.4 is 5.32 Å². The highest BCUT2D eigenvalue weighted by Crippen LogP contribution is 2.40. The van der Waals surface area contributed by atoms with E-state index in [0.717, 1.165) is 24.8 Å². The van der Waals surface area contributed by atoms with Crippen molar-refractivity contribution < 1.29 is 14.3 Å². The van der Waals surface area contributed by atoms with Gasteiger partial charge in [0.25, 0.3) is 5.91 Å². The van der Waals surface area contributed by atoms with Gasteiger partial charge in [0.15, 0.2) is 0 Å². The maximum Gasteiger partial charge on any atom is 0.341 e. The zero-order valence-corrected chi connectivity index (χ0v) is 14.4. The fourth-order valence-electron chi connectivity index (χ4n) is 2.59. The fraction of sp³-hybridized carbons (Fsp3) is 0.529. The number of hydrogen-bond donors (Lipinski definition) is 1. The second-order valence-electron chi connectivity index (χ2n) is 5.70. The van der Waals surface area contributed by atoms with Gasteiger partial charge in [0, 0.05) is 10.5 Å². The largest absolute Gasteiger partial charge is 0.462 e. The second kappa shape index (κ2) is 7.09. The SMILES string of the molecule is C/C=C(\C)C(=O)Nc1sc2c(c1C(=O)OCC)CCC(C)C2. The van der Waals surface area contributed by atoms with E-state index in [0.29, 0.717) is 28.7 Å². The van der Waals surface area contributed by atoms with Crippen LogP contribution in [0.5, 0.6) is 0 Å². The number of esters is 1. The Balaban J connectivity index is 2.39. The molecule has 0 spiro atoms. The van der Waals surface area contributed by atoms with Gasteiger partial charge in [-0.15, -0.1) is 11.3 Å². The van der Waals surface area contributed by atoms with Gasteiger partial charge in [-0.2, -0.15) is 0 Å². The smallest absolute Gasteiger partial charge is 0.341 e. The van der Waals surface area contributed by atoms with E-state index < -0.39 is 0 Å². The van der Waals surface area contributed by atoms with Crippen LogP contribution in [0.25, 0.3) is 0 Å². The van der Waals surface area contributed by atoms with Gasteiger partial charge in [0.1, 0.15) is 5.00 Å². The Kier molecular flexibility index (Phi) is 5.40. The summed E-state index contributed by atoms with van der Waals surface area (Å²) in [7, 11) is 0. The molecule has 22 heavy (non-hydrogen) atoms. The lowest BCUT2D eigenvalue weighted by atomic mass is 9.88. The molecule has 0 saturated heterocycles. The van der Waals surface area contributed by atoms with E-state index in [9.17, 15) is 9.59 Å². The highest BCUT2D eigenvalue weighted by molar-refractivity contribution is 7.17. The summed E-state index contributed by atoms with van der Waals surface area (Å²) in [5.41, 5.74) is 2.26. The molecular formula is C17H23NO3S. The van der Waals surface area contributed by atoms with Crippen molar-refractivity contribution in [3.05, 3.63) is 27.7 Å². The second-order valence-corrected chi connectivity index (χ2v) is 6.81. The lowest BCUT2D eigenvalue weighted by Crippen LogP contribution is -2.17. The average Bonchev–Trinajstić information content (AvgIpc) is 2.83. The Hall–Kier alpha value is -1.62. The number of fused-ring (bicyclic) bond motifs is 1. The van der Waals surface area contributed by atoms with Gasteiger partial charge in [-0.3, -0.25) is 4.79 Å². The molecule has 1 aromatic heterocycles. The van der Waals surface area contributed by atoms with Crippen LogP contribution in [0, 0.1) is 5.92 Å². The third-order valence-corrected chi connectivity index (χ3v) is 5.18. The topological polar surface area (TPSA) is 55.4 Å². The van der Waals surface area contributed by atoms with Crippen molar-refractivity contribution in [1.29, 1.82) is 0 Å². The van der Waals surface area contributed by atoms with Gasteiger partial charge in [-0.25, -0.2) is 4.79 Å². The van der Waals surface area contributed by atoms with Crippen molar-refractivity contribution >= 4 is 28.2 Å². The summed E-state index contributed by atoms with van der Waals surface area (Å²) in [5, 5.41) is 3.51. The summed E-state index contributed by atoms with van der Waals surface area (Å²) < 4.78 is 5.19. The minimum Gasteiger partial charge on any atom is -0.462 e. The molecule has 5 heteroatoms. The zero-order chi connectivity index (χ0) is 16.3. The van der Waals surface area contributed by atoms with Gasteiger partial charge in [0.05, 0.1) is 12.2 Å². The first-order valence-electron chi connectivity index (χ1n) is 7.73. The first-order chi connectivity index (χ1) is 10.5. The minimum atomic E-state index is -0.331. The molecule has 1 heterocycles. The monoisotopic (exact) mass is 321 g/mol. The molecule has 4 nitrogen and oxygen atoms in total. The van der Waals surface area contributed by atoms with Crippen LogP contribution >= 0.6 is 11.3 Å². The van der Waals surface area contributed by atoms with Crippen molar-refractivity contribution in [2.45, 2.75) is 47.0 Å². The van der Waals surface area contributed by atoms with Crippen molar-refractivity contribution in [2.24, 2.45) is 5.92 Å². The summed E-state index contributed by atoms with van der Waals surface area (Å²) in [5.74, 6) is 0.115. The first-order valence-corrected chi connectivity index (χ1v) is 8.55. The van der Waals surface area contributed by atoms with Crippen molar-refractivity contribution in [3.8, 4) is 0 Å². The number of hydrogen-bond acceptors (Lipinski definition) is 4. The molecule has 0 aromatic carbocycles. The van der Waals surface area contributed by atoms with Crippen molar-refractivity contribution in [3.63, 3.8) is 0 Å². The van der Waals surface area contributed by atoms with Crippen LogP contribution in [0.2, 0.25) is 0 Å². The summed E-state index contributed by atoms with van der Waals surface area (Å²) in [6, 6.07) is 0. The molecule has 1 unspecified atom stereocenters. The molecule has 120 valence electrons. The molecule has 1 N–H and O–H groups in total.